The minimum atomic E-state index is -4.66. The van der Waals surface area contributed by atoms with Gasteiger partial charge in [-0.2, -0.15) is 18.2 Å². The number of halogens is 3. The van der Waals surface area contributed by atoms with E-state index >= 15 is 0 Å². The lowest BCUT2D eigenvalue weighted by Crippen LogP contribution is -2.15. The first-order chi connectivity index (χ1) is 16.7. The maximum atomic E-state index is 13.0. The van der Waals surface area contributed by atoms with E-state index in [1.165, 1.54) is 0 Å². The molecule has 4 aromatic heterocycles. The fourth-order valence-corrected chi connectivity index (χ4v) is 4.68. The summed E-state index contributed by atoms with van der Waals surface area (Å²) in [7, 11) is 0. The van der Waals surface area contributed by atoms with Crippen LogP contribution < -0.4 is 5.32 Å². The molecular weight excluding hydrogens is 479 g/mol. The molecule has 12 heteroatoms. The molecule has 1 amide bonds. The van der Waals surface area contributed by atoms with Crippen molar-refractivity contribution >= 4 is 39.1 Å². The number of nitrogens with zero attached hydrogens (tertiary/aromatic N) is 6. The van der Waals surface area contributed by atoms with Crippen LogP contribution in [0.2, 0.25) is 0 Å². The molecule has 0 atom stereocenters. The van der Waals surface area contributed by atoms with Crippen molar-refractivity contribution < 1.29 is 18.0 Å². The Morgan fingerprint density at radius 1 is 1.09 bits per heavy atom. The van der Waals surface area contributed by atoms with Crippen molar-refractivity contribution in [3.8, 4) is 10.6 Å². The molecule has 8 nitrogen and oxygen atoms in total. The number of thiazole rings is 1. The van der Waals surface area contributed by atoms with Crippen LogP contribution in [0.25, 0.3) is 26.6 Å². The second-order valence-electron chi connectivity index (χ2n) is 7.87. The maximum absolute atomic E-state index is 13.0. The molecule has 1 N–H and O–H groups in total. The Balaban J connectivity index is 1.26. The molecule has 0 fully saturated rings. The molecule has 5 aromatic rings. The van der Waals surface area contributed by atoms with Crippen molar-refractivity contribution in [2.75, 3.05) is 5.32 Å². The lowest BCUT2D eigenvalue weighted by atomic mass is 10.1. The molecule has 0 aliphatic carbocycles. The van der Waals surface area contributed by atoms with Gasteiger partial charge < -0.3 is 5.32 Å². The van der Waals surface area contributed by atoms with Crippen LogP contribution in [-0.4, -0.2) is 35.5 Å². The van der Waals surface area contributed by atoms with Gasteiger partial charge in [-0.05, 0) is 50.1 Å². The standard InChI is InChI=1S/C23H18F3N7OS/c1-12-15(13(2)33-22(28-12)31-21(32-33)23(24,25)26)8-10-19(34)30-18-9-7-14(11-27-18)20-29-16-5-3-4-6-17(16)35-20/h3-7,9,11H,8,10H2,1-2H3,(H,27,30,34). The number of para-hydroxylation sites is 1. The number of anilines is 1. The highest BCUT2D eigenvalue weighted by atomic mass is 32.1. The van der Waals surface area contributed by atoms with Crippen LogP contribution in [0.1, 0.15) is 29.2 Å². The summed E-state index contributed by atoms with van der Waals surface area (Å²) in [5, 5.41) is 7.12. The lowest BCUT2D eigenvalue weighted by molar-refractivity contribution is -0.144. The van der Waals surface area contributed by atoms with Crippen LogP contribution in [0, 0.1) is 13.8 Å². The number of rotatable bonds is 5. The number of hydrogen-bond donors (Lipinski definition) is 1. The molecule has 1 aromatic carbocycles. The van der Waals surface area contributed by atoms with E-state index in [4.69, 9.17) is 0 Å². The van der Waals surface area contributed by atoms with Gasteiger partial charge in [0.25, 0.3) is 11.6 Å². The van der Waals surface area contributed by atoms with Gasteiger partial charge in [-0.1, -0.05) is 12.1 Å². The first-order valence-corrected chi connectivity index (χ1v) is 11.4. The Morgan fingerprint density at radius 2 is 1.89 bits per heavy atom. The van der Waals surface area contributed by atoms with Gasteiger partial charge in [0.2, 0.25) is 5.91 Å². The van der Waals surface area contributed by atoms with Gasteiger partial charge in [0.1, 0.15) is 10.8 Å². The van der Waals surface area contributed by atoms with E-state index in [0.29, 0.717) is 22.8 Å². The lowest BCUT2D eigenvalue weighted by Gasteiger charge is -2.10. The Morgan fingerprint density at radius 3 is 2.60 bits per heavy atom. The fraction of sp³-hybridized carbons (Fsp3) is 0.217. The summed E-state index contributed by atoms with van der Waals surface area (Å²) < 4.78 is 41.0. The Kier molecular flexibility index (Phi) is 5.67. The second-order valence-corrected chi connectivity index (χ2v) is 8.90. The summed E-state index contributed by atoms with van der Waals surface area (Å²) in [6.07, 6.45) is -2.64. The molecule has 5 rings (SSSR count). The Labute approximate surface area is 200 Å². The summed E-state index contributed by atoms with van der Waals surface area (Å²) in [6, 6.07) is 11.4. The van der Waals surface area contributed by atoms with Gasteiger partial charge in [-0.3, -0.25) is 4.79 Å². The van der Waals surface area contributed by atoms with Crippen LogP contribution in [-0.2, 0) is 17.4 Å². The highest BCUT2D eigenvalue weighted by Crippen LogP contribution is 2.30. The molecule has 0 saturated carbocycles. The van der Waals surface area contributed by atoms with Crippen LogP contribution in [0.15, 0.2) is 42.6 Å². The summed E-state index contributed by atoms with van der Waals surface area (Å²) >= 11 is 1.56. The van der Waals surface area contributed by atoms with E-state index in [1.807, 2.05) is 30.3 Å². The van der Waals surface area contributed by atoms with Gasteiger partial charge in [0.05, 0.1) is 10.2 Å². The second kappa shape index (κ2) is 8.69. The summed E-state index contributed by atoms with van der Waals surface area (Å²) in [5.41, 5.74) is 3.37. The van der Waals surface area contributed by atoms with Gasteiger partial charge in [0.15, 0.2) is 0 Å². The van der Waals surface area contributed by atoms with Crippen LogP contribution >= 0.6 is 11.3 Å². The van der Waals surface area contributed by atoms with E-state index in [9.17, 15) is 18.0 Å². The quantitative estimate of drug-likeness (QED) is 0.367. The van der Waals surface area contributed by atoms with Crippen LogP contribution in [0.3, 0.4) is 0 Å². The smallest absolute Gasteiger partial charge is 0.311 e. The van der Waals surface area contributed by atoms with Crippen molar-refractivity contribution in [3.63, 3.8) is 0 Å². The molecule has 0 radical (unpaired) electrons. The maximum Gasteiger partial charge on any atom is 0.453 e. The number of aryl methyl sites for hydroxylation is 2. The zero-order chi connectivity index (χ0) is 24.7. The van der Waals surface area contributed by atoms with E-state index in [0.717, 1.165) is 25.3 Å². The number of nitrogens with one attached hydrogen (secondary N) is 1. The van der Waals surface area contributed by atoms with Crippen LogP contribution in [0.5, 0.6) is 0 Å². The highest BCUT2D eigenvalue weighted by molar-refractivity contribution is 7.21. The monoisotopic (exact) mass is 497 g/mol. The third-order valence-electron chi connectivity index (χ3n) is 5.48. The number of hydrogen-bond acceptors (Lipinski definition) is 7. The first kappa shape index (κ1) is 22.8. The van der Waals surface area contributed by atoms with Crippen molar-refractivity contribution in [3.05, 3.63) is 65.4 Å². The average Bonchev–Trinajstić information content (AvgIpc) is 3.44. The normalized spacial score (nSPS) is 11.9. The number of pyridine rings is 1. The Hall–Kier alpha value is -3.93. The molecule has 0 bridgehead atoms. The number of benzene rings is 1. The molecule has 0 aliphatic rings. The van der Waals surface area contributed by atoms with Crippen molar-refractivity contribution in [2.24, 2.45) is 0 Å². The molecule has 0 saturated heterocycles. The summed E-state index contributed by atoms with van der Waals surface area (Å²) in [6.45, 7) is 3.30. The van der Waals surface area contributed by atoms with Gasteiger partial charge in [0, 0.05) is 29.6 Å². The third kappa shape index (κ3) is 4.56. The third-order valence-corrected chi connectivity index (χ3v) is 6.56. The zero-order valence-corrected chi connectivity index (χ0v) is 19.4. The van der Waals surface area contributed by atoms with E-state index in [-0.39, 0.29) is 24.5 Å². The molecule has 0 unspecified atom stereocenters. The topological polar surface area (TPSA) is 98.0 Å². The fourth-order valence-electron chi connectivity index (χ4n) is 3.72. The number of fused-ring (bicyclic) bond motifs is 2. The minimum absolute atomic E-state index is 0.0942. The van der Waals surface area contributed by atoms with Crippen molar-refractivity contribution in [1.82, 2.24) is 29.5 Å². The van der Waals surface area contributed by atoms with Gasteiger partial charge >= 0.3 is 6.18 Å². The van der Waals surface area contributed by atoms with E-state index < -0.39 is 12.0 Å². The van der Waals surface area contributed by atoms with Crippen molar-refractivity contribution in [1.29, 1.82) is 0 Å². The van der Waals surface area contributed by atoms with Gasteiger partial charge in [-0.15, -0.1) is 16.4 Å². The number of alkyl halides is 3. The van der Waals surface area contributed by atoms with Crippen molar-refractivity contribution in [2.45, 2.75) is 32.9 Å². The molecule has 4 heterocycles. The number of carbonyl (C=O) groups is 1. The zero-order valence-electron chi connectivity index (χ0n) is 18.6. The van der Waals surface area contributed by atoms with Crippen LogP contribution in [0.4, 0.5) is 19.0 Å². The highest BCUT2D eigenvalue weighted by Gasteiger charge is 2.37. The Bertz CT molecular complexity index is 1520. The minimum Gasteiger partial charge on any atom is -0.311 e. The first-order valence-electron chi connectivity index (χ1n) is 10.6. The average molecular weight is 498 g/mol. The molecule has 35 heavy (non-hydrogen) atoms. The number of aromatic nitrogens is 6. The predicted octanol–water partition coefficient (Wildman–Crippen LogP) is 5.00. The number of carbonyl (C=O) groups excluding carboxylic acids is 1. The molecule has 0 aliphatic heterocycles. The largest absolute Gasteiger partial charge is 0.453 e. The summed E-state index contributed by atoms with van der Waals surface area (Å²) in [5.74, 6) is -1.26. The molecule has 178 valence electrons. The van der Waals surface area contributed by atoms with E-state index in [2.05, 4.69) is 30.4 Å². The SMILES string of the molecule is Cc1nc2nc(C(F)(F)F)nn2c(C)c1CCC(=O)Nc1ccc(-c2nc3ccccc3s2)cn1. The number of amides is 1. The van der Waals surface area contributed by atoms with E-state index in [1.54, 1.807) is 37.4 Å². The summed E-state index contributed by atoms with van der Waals surface area (Å²) in [4.78, 5) is 29.0. The molecule has 0 spiro atoms. The predicted molar refractivity (Wildman–Crippen MR) is 125 cm³/mol. The molecular formula is C23H18F3N7OS. The van der Waals surface area contributed by atoms with Gasteiger partial charge in [-0.25, -0.2) is 19.5 Å².